The van der Waals surface area contributed by atoms with Gasteiger partial charge in [-0.1, -0.05) is 66.3 Å². The van der Waals surface area contributed by atoms with Crippen molar-refractivity contribution in [2.24, 2.45) is 0 Å². The molecule has 31 heavy (non-hydrogen) atoms. The first-order valence-corrected chi connectivity index (χ1v) is 10.8. The van der Waals surface area contributed by atoms with Crippen LogP contribution in [-0.4, -0.2) is 5.97 Å². The molecule has 3 nitrogen and oxygen atoms in total. The Labute approximate surface area is 190 Å². The molecule has 0 aliphatic heterocycles. The number of carbonyl (C=O) groups excluding carboxylic acids is 1. The first kappa shape index (κ1) is 21.0. The number of hydrogen-bond donors (Lipinski definition) is 0. The lowest BCUT2D eigenvalue weighted by atomic mass is 10.1. The molecule has 0 aliphatic carbocycles. The lowest BCUT2D eigenvalue weighted by Crippen LogP contribution is -2.09. The van der Waals surface area contributed by atoms with Crippen molar-refractivity contribution in [1.29, 1.82) is 0 Å². The average Bonchev–Trinajstić information content (AvgIpc) is 2.77. The SMILES string of the molecule is C=C(C)C(=O)Oc1c(Sc2ccccc2)cc(Oc2ccccc2)c2cc(Cl)ccc12. The molecular weight excluding hydrogens is 428 g/mol. The van der Waals surface area contributed by atoms with Gasteiger partial charge in [-0.2, -0.15) is 0 Å². The van der Waals surface area contributed by atoms with Crippen LogP contribution in [0, 0.1) is 0 Å². The quantitative estimate of drug-likeness (QED) is 0.171. The average molecular weight is 447 g/mol. The largest absolute Gasteiger partial charge is 0.457 e. The van der Waals surface area contributed by atoms with Crippen LogP contribution in [0.25, 0.3) is 10.8 Å². The summed E-state index contributed by atoms with van der Waals surface area (Å²) in [5, 5.41) is 2.04. The van der Waals surface area contributed by atoms with Crippen LogP contribution in [0.5, 0.6) is 17.2 Å². The lowest BCUT2D eigenvalue weighted by molar-refractivity contribution is -0.130. The molecule has 0 N–H and O–H groups in total. The maximum absolute atomic E-state index is 12.4. The summed E-state index contributed by atoms with van der Waals surface area (Å²) < 4.78 is 12.0. The Morgan fingerprint density at radius 2 is 1.58 bits per heavy atom. The molecule has 0 unspecified atom stereocenters. The molecule has 0 aromatic heterocycles. The summed E-state index contributed by atoms with van der Waals surface area (Å²) in [6.07, 6.45) is 0. The molecule has 0 heterocycles. The van der Waals surface area contributed by atoms with Gasteiger partial charge in [0.2, 0.25) is 0 Å². The lowest BCUT2D eigenvalue weighted by Gasteiger charge is -2.17. The molecule has 5 heteroatoms. The van der Waals surface area contributed by atoms with Crippen LogP contribution >= 0.6 is 23.4 Å². The minimum absolute atomic E-state index is 0.322. The first-order chi connectivity index (χ1) is 15.0. The van der Waals surface area contributed by atoms with Crippen LogP contribution in [0.3, 0.4) is 0 Å². The van der Waals surface area contributed by atoms with E-state index >= 15 is 0 Å². The fraction of sp³-hybridized carbons (Fsp3) is 0.0385. The van der Waals surface area contributed by atoms with Crippen molar-refractivity contribution in [3.63, 3.8) is 0 Å². The zero-order valence-electron chi connectivity index (χ0n) is 16.8. The fourth-order valence-electron chi connectivity index (χ4n) is 2.99. The highest BCUT2D eigenvalue weighted by molar-refractivity contribution is 7.99. The van der Waals surface area contributed by atoms with Crippen molar-refractivity contribution in [2.45, 2.75) is 16.7 Å². The number of benzene rings is 4. The highest BCUT2D eigenvalue weighted by Crippen LogP contribution is 2.46. The summed E-state index contributed by atoms with van der Waals surface area (Å²) in [7, 11) is 0. The number of para-hydroxylation sites is 1. The van der Waals surface area contributed by atoms with Crippen LogP contribution in [0.4, 0.5) is 0 Å². The highest BCUT2D eigenvalue weighted by atomic mass is 35.5. The molecule has 0 radical (unpaired) electrons. The Morgan fingerprint density at radius 3 is 2.26 bits per heavy atom. The minimum atomic E-state index is -0.483. The minimum Gasteiger partial charge on any atom is -0.457 e. The molecule has 4 rings (SSSR count). The normalized spacial score (nSPS) is 10.6. The molecule has 0 spiro atoms. The monoisotopic (exact) mass is 446 g/mol. The van der Waals surface area contributed by atoms with Gasteiger partial charge in [-0.05, 0) is 55.5 Å². The Morgan fingerprint density at radius 1 is 0.903 bits per heavy atom. The van der Waals surface area contributed by atoms with E-state index < -0.39 is 5.97 Å². The smallest absolute Gasteiger partial charge is 0.338 e. The Bertz CT molecular complexity index is 1250. The molecule has 154 valence electrons. The van der Waals surface area contributed by atoms with Crippen LogP contribution < -0.4 is 9.47 Å². The third kappa shape index (κ3) is 4.93. The van der Waals surface area contributed by atoms with Gasteiger partial charge in [0.25, 0.3) is 0 Å². The number of carbonyl (C=O) groups is 1. The van der Waals surface area contributed by atoms with Gasteiger partial charge in [-0.25, -0.2) is 4.79 Å². The Hall–Kier alpha value is -3.21. The molecule has 0 fully saturated rings. The summed E-state index contributed by atoms with van der Waals surface area (Å²) in [5.74, 6) is 1.29. The van der Waals surface area contributed by atoms with Gasteiger partial charge in [0.1, 0.15) is 11.5 Å². The van der Waals surface area contributed by atoms with Crippen LogP contribution in [0.1, 0.15) is 6.92 Å². The Kier molecular flexibility index (Phi) is 6.31. The van der Waals surface area contributed by atoms with E-state index in [-0.39, 0.29) is 0 Å². The van der Waals surface area contributed by atoms with Gasteiger partial charge in [-0.3, -0.25) is 0 Å². The van der Waals surface area contributed by atoms with Crippen molar-refractivity contribution in [3.8, 4) is 17.2 Å². The molecule has 4 aromatic rings. The van der Waals surface area contributed by atoms with Gasteiger partial charge in [0, 0.05) is 26.3 Å². The van der Waals surface area contributed by atoms with E-state index in [1.54, 1.807) is 13.0 Å². The van der Waals surface area contributed by atoms with Crippen LogP contribution in [-0.2, 0) is 4.79 Å². The summed E-state index contributed by atoms with van der Waals surface area (Å²) in [4.78, 5) is 14.2. The van der Waals surface area contributed by atoms with Crippen LogP contribution in [0.15, 0.2) is 107 Å². The van der Waals surface area contributed by atoms with Crippen LogP contribution in [0.2, 0.25) is 5.02 Å². The predicted octanol–water partition coefficient (Wildman–Crippen LogP) is 7.92. The van der Waals surface area contributed by atoms with Crippen molar-refractivity contribution >= 4 is 40.1 Å². The standard InChI is InChI=1S/C26H19ClO3S/c1-17(2)26(28)30-25-21-14-13-18(27)15-22(21)23(29-19-9-5-3-6-10-19)16-24(25)31-20-11-7-4-8-12-20/h3-16H,1H2,2H3. The van der Waals surface area contributed by atoms with Gasteiger partial charge in [-0.15, -0.1) is 0 Å². The second-order valence-electron chi connectivity index (χ2n) is 6.89. The first-order valence-electron chi connectivity index (χ1n) is 9.61. The molecule has 0 bridgehead atoms. The molecule has 0 atom stereocenters. The van der Waals surface area contributed by atoms with E-state index in [9.17, 15) is 4.79 Å². The van der Waals surface area contributed by atoms with Crippen molar-refractivity contribution < 1.29 is 14.3 Å². The van der Waals surface area contributed by atoms with E-state index in [1.807, 2.05) is 78.9 Å². The predicted molar refractivity (Wildman–Crippen MR) is 126 cm³/mol. The second-order valence-corrected chi connectivity index (χ2v) is 8.44. The fourth-order valence-corrected chi connectivity index (χ4v) is 4.12. The molecule has 0 saturated heterocycles. The molecule has 0 aliphatic rings. The summed E-state index contributed by atoms with van der Waals surface area (Å²) in [6, 6.07) is 26.7. The molecule has 4 aromatic carbocycles. The number of rotatable bonds is 6. The topological polar surface area (TPSA) is 35.5 Å². The third-order valence-electron chi connectivity index (χ3n) is 4.46. The third-order valence-corrected chi connectivity index (χ3v) is 5.73. The van der Waals surface area contributed by atoms with E-state index in [0.717, 1.165) is 20.6 Å². The number of halogens is 1. The highest BCUT2D eigenvalue weighted by Gasteiger charge is 2.19. The number of fused-ring (bicyclic) bond motifs is 1. The summed E-state index contributed by atoms with van der Waals surface area (Å²) in [6.45, 7) is 5.33. The van der Waals surface area contributed by atoms with Gasteiger partial charge >= 0.3 is 5.97 Å². The van der Waals surface area contributed by atoms with Gasteiger partial charge in [0.05, 0.1) is 4.90 Å². The molecular formula is C26H19ClO3S. The van der Waals surface area contributed by atoms with E-state index in [0.29, 0.717) is 27.8 Å². The second kappa shape index (κ2) is 9.29. The number of ether oxygens (including phenoxy) is 2. The van der Waals surface area contributed by atoms with Crippen molar-refractivity contribution in [1.82, 2.24) is 0 Å². The number of esters is 1. The molecule has 0 amide bonds. The summed E-state index contributed by atoms with van der Waals surface area (Å²) >= 11 is 7.78. The maximum Gasteiger partial charge on any atom is 0.338 e. The van der Waals surface area contributed by atoms with E-state index in [1.165, 1.54) is 11.8 Å². The zero-order valence-corrected chi connectivity index (χ0v) is 18.4. The van der Waals surface area contributed by atoms with E-state index in [4.69, 9.17) is 21.1 Å². The zero-order chi connectivity index (χ0) is 21.8. The maximum atomic E-state index is 12.4. The van der Waals surface area contributed by atoms with E-state index in [2.05, 4.69) is 6.58 Å². The number of hydrogen-bond acceptors (Lipinski definition) is 4. The van der Waals surface area contributed by atoms with Crippen molar-refractivity contribution in [2.75, 3.05) is 0 Å². The molecule has 0 saturated carbocycles. The van der Waals surface area contributed by atoms with Crippen molar-refractivity contribution in [3.05, 3.63) is 102 Å². The summed E-state index contributed by atoms with van der Waals surface area (Å²) in [5.41, 5.74) is 0.322. The Balaban J connectivity index is 1.91. The van der Waals surface area contributed by atoms with Gasteiger partial charge in [0.15, 0.2) is 5.75 Å². The van der Waals surface area contributed by atoms with Gasteiger partial charge < -0.3 is 9.47 Å².